The topological polar surface area (TPSA) is 29.5 Å². The molecule has 0 spiro atoms. The molecule has 17 heavy (non-hydrogen) atoms. The molecule has 1 aromatic rings. The maximum Gasteiger partial charge on any atom is 0.120 e. The summed E-state index contributed by atoms with van der Waals surface area (Å²) in [6, 6.07) is 8.09. The Morgan fingerprint density at radius 3 is 3.12 bits per heavy atom. The Hall–Kier alpha value is -0.670. The molecular formula is C14H20O2S. The van der Waals surface area contributed by atoms with E-state index in [1.54, 1.807) is 0 Å². The first-order valence-corrected chi connectivity index (χ1v) is 7.41. The van der Waals surface area contributed by atoms with Gasteiger partial charge in [-0.15, -0.1) is 0 Å². The minimum atomic E-state index is -0.296. The highest BCUT2D eigenvalue weighted by atomic mass is 32.2. The minimum absolute atomic E-state index is 0.296. The van der Waals surface area contributed by atoms with Crippen molar-refractivity contribution in [2.75, 3.05) is 11.5 Å². The minimum Gasteiger partial charge on any atom is -0.490 e. The Bertz CT molecular complexity index is 346. The van der Waals surface area contributed by atoms with Crippen molar-refractivity contribution in [3.8, 4) is 5.75 Å². The van der Waals surface area contributed by atoms with Gasteiger partial charge in [0.15, 0.2) is 0 Å². The molecule has 0 bridgehead atoms. The summed E-state index contributed by atoms with van der Waals surface area (Å²) in [4.78, 5) is 0. The van der Waals surface area contributed by atoms with Crippen LogP contribution in [0.5, 0.6) is 5.75 Å². The number of ether oxygens (including phenoxy) is 1. The summed E-state index contributed by atoms with van der Waals surface area (Å²) >= 11 is 1.97. The van der Waals surface area contributed by atoms with Gasteiger partial charge >= 0.3 is 0 Å². The van der Waals surface area contributed by atoms with Gasteiger partial charge in [0.05, 0.1) is 6.10 Å². The van der Waals surface area contributed by atoms with Gasteiger partial charge < -0.3 is 9.84 Å². The molecule has 0 aliphatic carbocycles. The maximum absolute atomic E-state index is 9.37. The van der Waals surface area contributed by atoms with Crippen LogP contribution < -0.4 is 4.74 Å². The van der Waals surface area contributed by atoms with Gasteiger partial charge in [0, 0.05) is 5.75 Å². The van der Waals surface area contributed by atoms with Crippen molar-refractivity contribution in [1.29, 1.82) is 0 Å². The van der Waals surface area contributed by atoms with Crippen LogP contribution in [0.4, 0.5) is 0 Å². The second kappa shape index (κ2) is 6.31. The number of thioether (sulfide) groups is 1. The summed E-state index contributed by atoms with van der Waals surface area (Å²) in [7, 11) is 0. The first-order chi connectivity index (χ1) is 8.24. The van der Waals surface area contributed by atoms with E-state index in [2.05, 4.69) is 0 Å². The largest absolute Gasteiger partial charge is 0.490 e. The quantitative estimate of drug-likeness (QED) is 0.893. The molecule has 2 nitrogen and oxygen atoms in total. The van der Waals surface area contributed by atoms with E-state index in [0.717, 1.165) is 23.5 Å². The summed E-state index contributed by atoms with van der Waals surface area (Å²) < 4.78 is 5.98. The van der Waals surface area contributed by atoms with Crippen LogP contribution in [-0.4, -0.2) is 28.8 Å². The van der Waals surface area contributed by atoms with Crippen LogP contribution in [-0.2, 0) is 6.42 Å². The monoisotopic (exact) mass is 252 g/mol. The average molecular weight is 252 g/mol. The molecule has 1 aliphatic heterocycles. The second-order valence-corrected chi connectivity index (χ2v) is 5.81. The third-order valence-corrected chi connectivity index (χ3v) is 4.04. The van der Waals surface area contributed by atoms with Crippen LogP contribution in [0, 0.1) is 0 Å². The smallest absolute Gasteiger partial charge is 0.120 e. The predicted octanol–water partition coefficient (Wildman–Crippen LogP) is 2.88. The molecule has 1 aromatic carbocycles. The standard InChI is InChI=1S/C14H20O2S/c1-11(15)8-12-4-2-5-13(9-12)16-14-6-3-7-17-10-14/h2,4-5,9,11,14-15H,3,6-8,10H2,1H3. The fraction of sp³-hybridized carbons (Fsp3) is 0.571. The SMILES string of the molecule is CC(O)Cc1cccc(OC2CCCSC2)c1. The fourth-order valence-electron chi connectivity index (χ4n) is 2.08. The average Bonchev–Trinajstić information content (AvgIpc) is 2.30. The first-order valence-electron chi connectivity index (χ1n) is 6.25. The van der Waals surface area contributed by atoms with E-state index in [1.165, 1.54) is 12.2 Å². The summed E-state index contributed by atoms with van der Waals surface area (Å²) in [6.07, 6.45) is 3.17. The maximum atomic E-state index is 9.37. The van der Waals surface area contributed by atoms with Crippen LogP contribution in [0.25, 0.3) is 0 Å². The Morgan fingerprint density at radius 2 is 2.41 bits per heavy atom. The van der Waals surface area contributed by atoms with Crippen molar-refractivity contribution in [1.82, 2.24) is 0 Å². The first kappa shape index (κ1) is 12.8. The lowest BCUT2D eigenvalue weighted by Crippen LogP contribution is -2.23. The van der Waals surface area contributed by atoms with Crippen LogP contribution in [0.1, 0.15) is 25.3 Å². The van der Waals surface area contributed by atoms with Gasteiger partial charge in [-0.2, -0.15) is 11.8 Å². The molecule has 0 radical (unpaired) electrons. The highest BCUT2D eigenvalue weighted by Gasteiger charge is 2.15. The normalized spacial score (nSPS) is 22.1. The van der Waals surface area contributed by atoms with Crippen molar-refractivity contribution in [2.45, 2.75) is 38.4 Å². The molecule has 2 atom stereocenters. The molecule has 1 N–H and O–H groups in total. The molecule has 2 rings (SSSR count). The van der Waals surface area contributed by atoms with Crippen LogP contribution in [0.15, 0.2) is 24.3 Å². The molecule has 1 saturated heterocycles. The van der Waals surface area contributed by atoms with E-state index in [0.29, 0.717) is 12.5 Å². The fourth-order valence-corrected chi connectivity index (χ4v) is 3.12. The van der Waals surface area contributed by atoms with E-state index in [9.17, 15) is 5.11 Å². The Morgan fingerprint density at radius 1 is 1.53 bits per heavy atom. The number of hydrogen-bond acceptors (Lipinski definition) is 3. The van der Waals surface area contributed by atoms with Crippen molar-refractivity contribution >= 4 is 11.8 Å². The van der Waals surface area contributed by atoms with E-state index in [4.69, 9.17) is 4.74 Å². The van der Waals surface area contributed by atoms with Crippen molar-refractivity contribution in [3.63, 3.8) is 0 Å². The zero-order valence-corrected chi connectivity index (χ0v) is 11.1. The van der Waals surface area contributed by atoms with E-state index in [-0.39, 0.29) is 6.10 Å². The second-order valence-electron chi connectivity index (χ2n) is 4.66. The number of aliphatic hydroxyl groups is 1. The molecule has 3 heteroatoms. The molecule has 0 amide bonds. The molecular weight excluding hydrogens is 232 g/mol. The third kappa shape index (κ3) is 4.25. The molecule has 1 fully saturated rings. The number of benzene rings is 1. The van der Waals surface area contributed by atoms with Crippen molar-refractivity contribution in [3.05, 3.63) is 29.8 Å². The molecule has 0 aromatic heterocycles. The Kier molecular flexibility index (Phi) is 4.75. The van der Waals surface area contributed by atoms with Gasteiger partial charge in [0.25, 0.3) is 0 Å². The molecule has 0 saturated carbocycles. The summed E-state index contributed by atoms with van der Waals surface area (Å²) in [6.45, 7) is 1.81. The van der Waals surface area contributed by atoms with Gasteiger partial charge in [-0.1, -0.05) is 12.1 Å². The van der Waals surface area contributed by atoms with Gasteiger partial charge in [0.1, 0.15) is 11.9 Å². The van der Waals surface area contributed by atoms with Gasteiger partial charge in [-0.3, -0.25) is 0 Å². The Balaban J connectivity index is 1.95. The van der Waals surface area contributed by atoms with Crippen molar-refractivity contribution < 1.29 is 9.84 Å². The zero-order valence-electron chi connectivity index (χ0n) is 10.3. The molecule has 1 heterocycles. The molecule has 94 valence electrons. The highest BCUT2D eigenvalue weighted by molar-refractivity contribution is 7.99. The van der Waals surface area contributed by atoms with Crippen LogP contribution >= 0.6 is 11.8 Å². The highest BCUT2D eigenvalue weighted by Crippen LogP contribution is 2.23. The third-order valence-electron chi connectivity index (χ3n) is 2.85. The van der Waals surface area contributed by atoms with Gasteiger partial charge in [-0.05, 0) is 49.6 Å². The summed E-state index contributed by atoms with van der Waals surface area (Å²) in [5.74, 6) is 3.30. The van der Waals surface area contributed by atoms with Crippen molar-refractivity contribution in [2.24, 2.45) is 0 Å². The van der Waals surface area contributed by atoms with E-state index >= 15 is 0 Å². The van der Waals surface area contributed by atoms with E-state index < -0.39 is 0 Å². The molecule has 1 aliphatic rings. The van der Waals surface area contributed by atoms with Crippen LogP contribution in [0.2, 0.25) is 0 Å². The lowest BCUT2D eigenvalue weighted by molar-refractivity contribution is 0.194. The summed E-state index contributed by atoms with van der Waals surface area (Å²) in [5.41, 5.74) is 1.14. The van der Waals surface area contributed by atoms with E-state index in [1.807, 2.05) is 43.0 Å². The summed E-state index contributed by atoms with van der Waals surface area (Å²) in [5, 5.41) is 9.37. The van der Waals surface area contributed by atoms with Crippen LogP contribution in [0.3, 0.4) is 0 Å². The number of hydrogen-bond donors (Lipinski definition) is 1. The molecule has 2 unspecified atom stereocenters. The zero-order chi connectivity index (χ0) is 12.1. The van der Waals surface area contributed by atoms with Gasteiger partial charge in [0.2, 0.25) is 0 Å². The lowest BCUT2D eigenvalue weighted by Gasteiger charge is -2.23. The Labute approximate surface area is 107 Å². The number of aliphatic hydroxyl groups excluding tert-OH is 1. The number of rotatable bonds is 4. The lowest BCUT2D eigenvalue weighted by atomic mass is 10.1. The predicted molar refractivity (Wildman–Crippen MR) is 72.8 cm³/mol. The van der Waals surface area contributed by atoms with Gasteiger partial charge in [-0.25, -0.2) is 0 Å².